The number of carbonyl (C=O) groups is 1. The molecule has 104 valence electrons. The topological polar surface area (TPSA) is 37.3 Å². The van der Waals surface area contributed by atoms with Gasteiger partial charge in [-0.2, -0.15) is 11.8 Å². The van der Waals surface area contributed by atoms with E-state index in [0.29, 0.717) is 12.2 Å². The van der Waals surface area contributed by atoms with Gasteiger partial charge in [-0.05, 0) is 30.4 Å². The quantitative estimate of drug-likeness (QED) is 0.914. The fraction of sp³-hybridized carbons (Fsp3) is 0.562. The van der Waals surface area contributed by atoms with Gasteiger partial charge in [-0.25, -0.2) is 0 Å². The molecule has 1 N–H and O–H groups in total. The van der Waals surface area contributed by atoms with Crippen LogP contribution < -0.4 is 0 Å². The molecule has 0 amide bonds. The minimum atomic E-state index is -0.640. The molecule has 0 spiro atoms. The Morgan fingerprint density at radius 3 is 2.53 bits per heavy atom. The number of aliphatic carboxylic acids is 1. The number of carboxylic acid groups (broad SMARTS) is 1. The van der Waals surface area contributed by atoms with Crippen LogP contribution in [0.2, 0.25) is 0 Å². The van der Waals surface area contributed by atoms with E-state index in [-0.39, 0.29) is 4.75 Å². The van der Waals surface area contributed by atoms with Gasteiger partial charge in [0.1, 0.15) is 0 Å². The molecule has 0 aliphatic heterocycles. The maximum Gasteiger partial charge on any atom is 0.310 e. The van der Waals surface area contributed by atoms with Crippen molar-refractivity contribution >= 4 is 17.7 Å². The van der Waals surface area contributed by atoms with Crippen LogP contribution >= 0.6 is 11.8 Å². The van der Waals surface area contributed by atoms with E-state index in [2.05, 4.69) is 32.9 Å². The Morgan fingerprint density at radius 1 is 1.32 bits per heavy atom. The van der Waals surface area contributed by atoms with Crippen LogP contribution in [0.15, 0.2) is 24.3 Å². The lowest BCUT2D eigenvalue weighted by molar-refractivity contribution is -0.148. The van der Waals surface area contributed by atoms with E-state index in [4.69, 9.17) is 0 Å². The average Bonchev–Trinajstić information content (AvgIpc) is 2.35. The Morgan fingerprint density at radius 2 is 1.95 bits per heavy atom. The maximum atomic E-state index is 11.8. The first kappa shape index (κ1) is 14.4. The summed E-state index contributed by atoms with van der Waals surface area (Å²) < 4.78 is 0.111. The average molecular weight is 278 g/mol. The van der Waals surface area contributed by atoms with Crippen molar-refractivity contribution in [3.8, 4) is 0 Å². The van der Waals surface area contributed by atoms with Gasteiger partial charge in [-0.1, -0.05) is 45.0 Å². The normalized spacial score (nSPS) is 22.9. The van der Waals surface area contributed by atoms with Gasteiger partial charge in [-0.15, -0.1) is 0 Å². The number of hydrogen-bond donors (Lipinski definition) is 1. The molecule has 2 rings (SSSR count). The summed E-state index contributed by atoms with van der Waals surface area (Å²) in [4.78, 5) is 11.8. The van der Waals surface area contributed by atoms with Crippen molar-refractivity contribution in [2.45, 2.75) is 44.8 Å². The smallest absolute Gasteiger partial charge is 0.310 e. The summed E-state index contributed by atoms with van der Waals surface area (Å²) >= 11 is 1.76. The van der Waals surface area contributed by atoms with Crippen LogP contribution in [-0.4, -0.2) is 21.6 Å². The zero-order valence-corrected chi connectivity index (χ0v) is 12.7. The van der Waals surface area contributed by atoms with Crippen LogP contribution in [0.4, 0.5) is 0 Å². The lowest BCUT2D eigenvalue weighted by Gasteiger charge is -2.36. The molecule has 19 heavy (non-hydrogen) atoms. The van der Waals surface area contributed by atoms with Crippen molar-refractivity contribution in [2.24, 2.45) is 5.41 Å². The second-order valence-electron chi connectivity index (χ2n) is 6.43. The minimum Gasteiger partial charge on any atom is -0.481 e. The van der Waals surface area contributed by atoms with Crippen molar-refractivity contribution in [1.29, 1.82) is 0 Å². The van der Waals surface area contributed by atoms with Crippen LogP contribution in [0, 0.1) is 5.41 Å². The molecule has 1 aromatic carbocycles. The van der Waals surface area contributed by atoms with Crippen molar-refractivity contribution in [3.05, 3.63) is 35.4 Å². The minimum absolute atomic E-state index is 0.111. The highest BCUT2D eigenvalue weighted by Gasteiger charge is 2.42. The number of aryl methyl sites for hydroxylation is 1. The largest absolute Gasteiger partial charge is 0.481 e. The van der Waals surface area contributed by atoms with E-state index in [1.54, 1.807) is 11.8 Å². The highest BCUT2D eigenvalue weighted by molar-refractivity contribution is 8.00. The molecule has 0 radical (unpaired) electrons. The van der Waals surface area contributed by atoms with Gasteiger partial charge in [-0.3, -0.25) is 4.79 Å². The fourth-order valence-electron chi connectivity index (χ4n) is 2.52. The molecule has 0 bridgehead atoms. The van der Waals surface area contributed by atoms with E-state index in [1.165, 1.54) is 11.1 Å². The number of hydrogen-bond acceptors (Lipinski definition) is 2. The first-order chi connectivity index (χ1) is 8.82. The number of thioether (sulfide) groups is 1. The van der Waals surface area contributed by atoms with Crippen LogP contribution in [-0.2, 0) is 17.6 Å². The predicted molar refractivity (Wildman–Crippen MR) is 80.7 cm³/mol. The second-order valence-corrected chi connectivity index (χ2v) is 8.23. The van der Waals surface area contributed by atoms with E-state index >= 15 is 0 Å². The van der Waals surface area contributed by atoms with Crippen molar-refractivity contribution in [3.63, 3.8) is 0 Å². The molecule has 1 aliphatic carbocycles. The predicted octanol–water partition coefficient (Wildman–Crippen LogP) is 3.78. The van der Waals surface area contributed by atoms with Crippen molar-refractivity contribution in [2.75, 3.05) is 5.75 Å². The molecule has 2 nitrogen and oxygen atoms in total. The van der Waals surface area contributed by atoms with E-state index in [1.807, 2.05) is 12.1 Å². The van der Waals surface area contributed by atoms with E-state index in [9.17, 15) is 9.90 Å². The standard InChI is InChI=1S/C16H22O2S/c1-15(2,3)19-11-16(14(17)18)9-8-12-6-4-5-7-13(12)10-16/h4-7H,8-11H2,1-3H3,(H,17,18). The summed E-state index contributed by atoms with van der Waals surface area (Å²) in [7, 11) is 0. The summed E-state index contributed by atoms with van der Waals surface area (Å²) in [6, 6.07) is 8.25. The Kier molecular flexibility index (Phi) is 3.95. The number of fused-ring (bicyclic) bond motifs is 1. The van der Waals surface area contributed by atoms with E-state index < -0.39 is 11.4 Å². The summed E-state index contributed by atoms with van der Waals surface area (Å²) in [5, 5.41) is 9.70. The summed E-state index contributed by atoms with van der Waals surface area (Å²) in [5.41, 5.74) is 1.94. The van der Waals surface area contributed by atoms with Gasteiger partial charge in [0.2, 0.25) is 0 Å². The molecule has 0 aromatic heterocycles. The van der Waals surface area contributed by atoms with E-state index in [0.717, 1.165) is 12.8 Å². The summed E-state index contributed by atoms with van der Waals surface area (Å²) in [6.45, 7) is 6.43. The molecule has 0 heterocycles. The molecule has 0 fully saturated rings. The monoisotopic (exact) mass is 278 g/mol. The molecule has 0 saturated heterocycles. The van der Waals surface area contributed by atoms with Crippen LogP contribution in [0.3, 0.4) is 0 Å². The molecular formula is C16H22O2S. The van der Waals surface area contributed by atoms with Gasteiger partial charge < -0.3 is 5.11 Å². The van der Waals surface area contributed by atoms with Crippen LogP contribution in [0.25, 0.3) is 0 Å². The Hall–Kier alpha value is -0.960. The molecule has 1 atom stereocenters. The second kappa shape index (κ2) is 5.20. The summed E-state index contributed by atoms with van der Waals surface area (Å²) in [6.07, 6.45) is 2.30. The zero-order valence-electron chi connectivity index (χ0n) is 11.9. The lowest BCUT2D eigenvalue weighted by atomic mass is 9.73. The highest BCUT2D eigenvalue weighted by atomic mass is 32.2. The molecule has 1 aromatic rings. The maximum absolute atomic E-state index is 11.8. The number of benzene rings is 1. The van der Waals surface area contributed by atoms with Gasteiger partial charge in [0.05, 0.1) is 5.41 Å². The number of carboxylic acids is 1. The Labute approximate surface area is 119 Å². The van der Waals surface area contributed by atoms with Crippen molar-refractivity contribution < 1.29 is 9.90 Å². The molecule has 3 heteroatoms. The molecular weight excluding hydrogens is 256 g/mol. The van der Waals surface area contributed by atoms with Crippen LogP contribution in [0.5, 0.6) is 0 Å². The van der Waals surface area contributed by atoms with Crippen molar-refractivity contribution in [1.82, 2.24) is 0 Å². The summed E-state index contributed by atoms with van der Waals surface area (Å²) in [5.74, 6) is 0.0546. The highest BCUT2D eigenvalue weighted by Crippen LogP contribution is 2.41. The van der Waals surface area contributed by atoms with Gasteiger partial charge >= 0.3 is 5.97 Å². The first-order valence-corrected chi connectivity index (χ1v) is 7.75. The van der Waals surface area contributed by atoms with Gasteiger partial charge in [0, 0.05) is 10.5 Å². The van der Waals surface area contributed by atoms with Gasteiger partial charge in [0.15, 0.2) is 0 Å². The third kappa shape index (κ3) is 3.33. The molecule has 0 saturated carbocycles. The molecule has 1 aliphatic rings. The molecule has 1 unspecified atom stereocenters. The van der Waals surface area contributed by atoms with Crippen LogP contribution in [0.1, 0.15) is 38.3 Å². The fourth-order valence-corrected chi connectivity index (χ4v) is 3.60. The third-order valence-corrected chi connectivity index (χ3v) is 5.32. The lowest BCUT2D eigenvalue weighted by Crippen LogP contribution is -2.40. The van der Waals surface area contributed by atoms with Gasteiger partial charge in [0.25, 0.3) is 0 Å². The first-order valence-electron chi connectivity index (χ1n) is 6.77. The third-order valence-electron chi connectivity index (χ3n) is 3.76. The number of rotatable bonds is 3. The Bertz CT molecular complexity index is 476. The SMILES string of the molecule is CC(C)(C)SCC1(C(=O)O)CCc2ccccc2C1. The Balaban J connectivity index is 2.21. The zero-order chi connectivity index (χ0) is 14.1.